The van der Waals surface area contributed by atoms with Gasteiger partial charge in [-0.2, -0.15) is 0 Å². The fourth-order valence-corrected chi connectivity index (χ4v) is 5.46. The molecule has 0 bridgehead atoms. The SMILES string of the molecule is COc1ccc2c(c1)CCC1C2=NC(Cc2ccccc2)C2=NC(Cc3ccc(F)cc3)C(=O)N21. The highest BCUT2D eigenvalue weighted by Gasteiger charge is 2.47. The van der Waals surface area contributed by atoms with Crippen molar-refractivity contribution in [3.63, 3.8) is 0 Å². The van der Waals surface area contributed by atoms with Gasteiger partial charge in [-0.15, -0.1) is 0 Å². The zero-order valence-electron chi connectivity index (χ0n) is 19.5. The molecule has 1 aliphatic carbocycles. The van der Waals surface area contributed by atoms with Crippen molar-refractivity contribution in [3.05, 3.63) is 101 Å². The van der Waals surface area contributed by atoms with Crippen LogP contribution >= 0.6 is 0 Å². The van der Waals surface area contributed by atoms with Crippen molar-refractivity contribution >= 4 is 17.5 Å². The third-order valence-corrected chi connectivity index (χ3v) is 7.17. The number of amidine groups is 1. The van der Waals surface area contributed by atoms with Crippen LogP contribution in [0.5, 0.6) is 5.75 Å². The Hall–Kier alpha value is -3.80. The molecule has 3 atom stereocenters. The highest BCUT2D eigenvalue weighted by molar-refractivity contribution is 6.18. The van der Waals surface area contributed by atoms with Gasteiger partial charge in [0.15, 0.2) is 0 Å². The van der Waals surface area contributed by atoms with Crippen LogP contribution in [0.4, 0.5) is 4.39 Å². The van der Waals surface area contributed by atoms with Crippen molar-refractivity contribution in [1.29, 1.82) is 0 Å². The van der Waals surface area contributed by atoms with Crippen LogP contribution in [-0.2, 0) is 24.1 Å². The van der Waals surface area contributed by atoms with Crippen molar-refractivity contribution in [2.45, 2.75) is 43.8 Å². The van der Waals surface area contributed by atoms with E-state index in [1.165, 1.54) is 17.7 Å². The monoisotopic (exact) mass is 467 g/mol. The van der Waals surface area contributed by atoms with E-state index in [9.17, 15) is 9.18 Å². The summed E-state index contributed by atoms with van der Waals surface area (Å²) in [5.74, 6) is 1.32. The molecule has 35 heavy (non-hydrogen) atoms. The van der Waals surface area contributed by atoms with Gasteiger partial charge < -0.3 is 4.74 Å². The molecule has 0 saturated carbocycles. The summed E-state index contributed by atoms with van der Waals surface area (Å²) in [6.45, 7) is 0. The Bertz CT molecular complexity index is 1330. The first-order chi connectivity index (χ1) is 17.1. The van der Waals surface area contributed by atoms with E-state index in [1.54, 1.807) is 19.2 Å². The van der Waals surface area contributed by atoms with Gasteiger partial charge in [0.1, 0.15) is 29.5 Å². The first-order valence-corrected chi connectivity index (χ1v) is 12.0. The van der Waals surface area contributed by atoms with Crippen LogP contribution in [0.15, 0.2) is 82.8 Å². The van der Waals surface area contributed by atoms with Gasteiger partial charge >= 0.3 is 0 Å². The van der Waals surface area contributed by atoms with Crippen LogP contribution in [0, 0.1) is 5.82 Å². The van der Waals surface area contributed by atoms with E-state index < -0.39 is 6.04 Å². The van der Waals surface area contributed by atoms with E-state index in [0.717, 1.165) is 46.8 Å². The Kier molecular flexibility index (Phi) is 5.44. The number of aryl methyl sites for hydroxylation is 1. The van der Waals surface area contributed by atoms with Gasteiger partial charge in [0.2, 0.25) is 0 Å². The van der Waals surface area contributed by atoms with Crippen LogP contribution in [-0.4, -0.2) is 47.6 Å². The summed E-state index contributed by atoms with van der Waals surface area (Å²) >= 11 is 0. The van der Waals surface area contributed by atoms with E-state index in [-0.39, 0.29) is 23.8 Å². The highest BCUT2D eigenvalue weighted by Crippen LogP contribution is 2.35. The third kappa shape index (κ3) is 3.93. The van der Waals surface area contributed by atoms with Gasteiger partial charge in [-0.1, -0.05) is 42.5 Å². The first kappa shape index (κ1) is 21.7. The molecule has 0 fully saturated rings. The lowest BCUT2D eigenvalue weighted by Crippen LogP contribution is -2.56. The summed E-state index contributed by atoms with van der Waals surface area (Å²) in [4.78, 5) is 25.8. The molecular weight excluding hydrogens is 441 g/mol. The molecule has 3 aromatic rings. The Morgan fingerprint density at radius 2 is 1.69 bits per heavy atom. The number of hydrogen-bond donors (Lipinski definition) is 0. The molecule has 0 saturated heterocycles. The quantitative estimate of drug-likeness (QED) is 0.558. The van der Waals surface area contributed by atoms with Gasteiger partial charge in [-0.25, -0.2) is 4.39 Å². The molecule has 1 amide bonds. The predicted octanol–water partition coefficient (Wildman–Crippen LogP) is 4.42. The summed E-state index contributed by atoms with van der Waals surface area (Å²) in [5, 5.41) is 0. The molecule has 176 valence electrons. The molecule has 0 aromatic heterocycles. The van der Waals surface area contributed by atoms with Gasteiger partial charge in [-0.05, 0) is 59.9 Å². The number of methoxy groups -OCH3 is 1. The summed E-state index contributed by atoms with van der Waals surface area (Å²) in [6, 6.07) is 21.8. The van der Waals surface area contributed by atoms with Crippen molar-refractivity contribution in [2.75, 3.05) is 7.11 Å². The molecule has 0 spiro atoms. The number of carbonyl (C=O) groups is 1. The molecule has 0 N–H and O–H groups in total. The minimum Gasteiger partial charge on any atom is -0.497 e. The summed E-state index contributed by atoms with van der Waals surface area (Å²) < 4.78 is 18.8. The summed E-state index contributed by atoms with van der Waals surface area (Å²) in [5.41, 5.74) is 5.31. The maximum atomic E-state index is 13.7. The molecule has 2 heterocycles. The number of ether oxygens (including phenoxy) is 1. The molecule has 3 aromatic carbocycles. The smallest absolute Gasteiger partial charge is 0.253 e. The number of halogens is 1. The van der Waals surface area contributed by atoms with Gasteiger partial charge in [-0.3, -0.25) is 19.7 Å². The number of carbonyl (C=O) groups excluding carboxylic acids is 1. The zero-order valence-corrected chi connectivity index (χ0v) is 19.5. The topological polar surface area (TPSA) is 54.3 Å². The van der Waals surface area contributed by atoms with Crippen molar-refractivity contribution in [1.82, 2.24) is 4.90 Å². The normalized spacial score (nSPS) is 22.6. The van der Waals surface area contributed by atoms with Crippen LogP contribution in [0.1, 0.15) is 28.7 Å². The molecule has 5 nitrogen and oxygen atoms in total. The van der Waals surface area contributed by atoms with E-state index in [2.05, 4.69) is 24.3 Å². The average molecular weight is 468 g/mol. The number of hydrogen-bond acceptors (Lipinski definition) is 4. The predicted molar refractivity (Wildman–Crippen MR) is 134 cm³/mol. The van der Waals surface area contributed by atoms with Crippen LogP contribution in [0.2, 0.25) is 0 Å². The van der Waals surface area contributed by atoms with Crippen molar-refractivity contribution in [2.24, 2.45) is 9.98 Å². The summed E-state index contributed by atoms with van der Waals surface area (Å²) in [7, 11) is 1.67. The fraction of sp³-hybridized carbons (Fsp3) is 0.276. The average Bonchev–Trinajstić information content (AvgIpc) is 3.22. The van der Waals surface area contributed by atoms with E-state index in [4.69, 9.17) is 14.7 Å². The number of aliphatic imine (C=N–C) groups is 2. The van der Waals surface area contributed by atoms with Crippen molar-refractivity contribution in [3.8, 4) is 5.75 Å². The Morgan fingerprint density at radius 3 is 2.46 bits per heavy atom. The Morgan fingerprint density at radius 1 is 0.943 bits per heavy atom. The molecule has 0 radical (unpaired) electrons. The van der Waals surface area contributed by atoms with Gasteiger partial charge in [0.05, 0.1) is 18.9 Å². The lowest BCUT2D eigenvalue weighted by atomic mass is 9.83. The van der Waals surface area contributed by atoms with E-state index in [1.807, 2.05) is 29.2 Å². The second-order valence-electron chi connectivity index (χ2n) is 9.34. The second-order valence-corrected chi connectivity index (χ2v) is 9.34. The molecule has 6 heteroatoms. The minimum absolute atomic E-state index is 0.0109. The molecular formula is C29H26FN3O2. The Balaban J connectivity index is 1.39. The van der Waals surface area contributed by atoms with Gasteiger partial charge in [0, 0.05) is 18.4 Å². The van der Waals surface area contributed by atoms with Crippen LogP contribution < -0.4 is 4.74 Å². The lowest BCUT2D eigenvalue weighted by molar-refractivity contribution is -0.128. The standard InChI is InChI=1S/C29H26FN3O2/c1-35-22-12-13-23-20(17-22)9-14-26-27(23)31-24(15-18-5-3-2-4-6-18)28-32-25(29(34)33(26)28)16-19-7-10-21(30)11-8-19/h2-8,10-13,17,24-26H,9,14-16H2,1H3. The summed E-state index contributed by atoms with van der Waals surface area (Å²) in [6.07, 6.45) is 2.77. The highest BCUT2D eigenvalue weighted by atomic mass is 19.1. The second kappa shape index (κ2) is 8.77. The zero-order chi connectivity index (χ0) is 23.9. The molecule has 6 rings (SSSR count). The van der Waals surface area contributed by atoms with E-state index >= 15 is 0 Å². The molecule has 3 unspecified atom stereocenters. The maximum Gasteiger partial charge on any atom is 0.253 e. The minimum atomic E-state index is -0.513. The molecule has 3 aliphatic rings. The van der Waals surface area contributed by atoms with Crippen LogP contribution in [0.25, 0.3) is 0 Å². The fourth-order valence-electron chi connectivity index (χ4n) is 5.46. The van der Waals surface area contributed by atoms with E-state index in [0.29, 0.717) is 12.8 Å². The number of fused-ring (bicyclic) bond motifs is 5. The maximum absolute atomic E-state index is 13.7. The first-order valence-electron chi connectivity index (χ1n) is 12.0. The number of amides is 1. The van der Waals surface area contributed by atoms with Crippen LogP contribution in [0.3, 0.4) is 0 Å². The largest absolute Gasteiger partial charge is 0.497 e. The number of nitrogens with zero attached hydrogens (tertiary/aromatic N) is 3. The number of benzene rings is 3. The Labute approximate surface area is 204 Å². The third-order valence-electron chi connectivity index (χ3n) is 7.17. The number of rotatable bonds is 5. The van der Waals surface area contributed by atoms with Crippen molar-refractivity contribution < 1.29 is 13.9 Å². The lowest BCUT2D eigenvalue weighted by Gasteiger charge is -2.40. The van der Waals surface area contributed by atoms with Gasteiger partial charge in [0.25, 0.3) is 5.91 Å². The molecule has 2 aliphatic heterocycles.